The first-order chi connectivity index (χ1) is 9.15. The van der Waals surface area contributed by atoms with Gasteiger partial charge in [-0.3, -0.25) is 4.79 Å². The van der Waals surface area contributed by atoms with Gasteiger partial charge in [0.25, 0.3) is 5.91 Å². The minimum atomic E-state index is 0.0885. The number of hydrogen-bond donors (Lipinski definition) is 1. The van der Waals surface area contributed by atoms with Crippen molar-refractivity contribution in [1.29, 1.82) is 0 Å². The minimum absolute atomic E-state index is 0.0885. The lowest BCUT2D eigenvalue weighted by molar-refractivity contribution is 0.0785. The molecule has 3 nitrogen and oxygen atoms in total. The number of amides is 1. The maximum absolute atomic E-state index is 12.5. The molecule has 0 radical (unpaired) electrons. The normalized spacial score (nSPS) is 26.3. The number of carbonyl (C=O) groups excluding carboxylic acids is 1. The minimum Gasteiger partial charge on any atom is -0.337 e. The number of carbonyl (C=O) groups is 1. The molecule has 1 N–H and O–H groups in total. The monoisotopic (exact) mass is 342 g/mol. The number of hydrogen-bond acceptors (Lipinski definition) is 2. The van der Waals surface area contributed by atoms with Gasteiger partial charge in [-0.15, -0.1) is 0 Å². The van der Waals surface area contributed by atoms with E-state index in [2.05, 4.69) is 21.2 Å². The van der Waals surface area contributed by atoms with Crippen LogP contribution in [0.15, 0.2) is 22.7 Å². The molecule has 2 aliphatic heterocycles. The fourth-order valence-electron chi connectivity index (χ4n) is 3.02. The first kappa shape index (κ1) is 13.4. The van der Waals surface area contributed by atoms with E-state index in [1.807, 2.05) is 17.0 Å². The van der Waals surface area contributed by atoms with Gasteiger partial charge in [0, 0.05) is 29.2 Å². The molecule has 2 atom stereocenters. The Morgan fingerprint density at radius 3 is 3.00 bits per heavy atom. The van der Waals surface area contributed by atoms with Crippen molar-refractivity contribution in [2.75, 3.05) is 19.6 Å². The number of likely N-dealkylation sites (tertiary alicyclic amines) is 1. The lowest BCUT2D eigenvalue weighted by Crippen LogP contribution is -2.41. The summed E-state index contributed by atoms with van der Waals surface area (Å²) >= 11 is 9.40. The molecule has 2 saturated heterocycles. The molecule has 0 aromatic heterocycles. The molecular formula is C14H16BrClN2O. The van der Waals surface area contributed by atoms with Crippen molar-refractivity contribution >= 4 is 33.4 Å². The van der Waals surface area contributed by atoms with E-state index in [4.69, 9.17) is 11.6 Å². The Bertz CT molecular complexity index is 494. The van der Waals surface area contributed by atoms with Crippen molar-refractivity contribution in [2.24, 2.45) is 5.92 Å². The SMILES string of the molecule is O=C(c1ccc(Br)c(Cl)c1)N1C[C@@H]2CCCN[C@@H]2C1. The van der Waals surface area contributed by atoms with Gasteiger partial charge in [0.2, 0.25) is 0 Å². The predicted molar refractivity (Wildman–Crippen MR) is 79.6 cm³/mol. The van der Waals surface area contributed by atoms with Crippen LogP contribution in [0.3, 0.4) is 0 Å². The smallest absolute Gasteiger partial charge is 0.253 e. The number of halogens is 2. The van der Waals surface area contributed by atoms with Crippen LogP contribution >= 0.6 is 27.5 Å². The van der Waals surface area contributed by atoms with Crippen LogP contribution in [0.4, 0.5) is 0 Å². The fourth-order valence-corrected chi connectivity index (χ4v) is 3.45. The van der Waals surface area contributed by atoms with Crippen molar-refractivity contribution in [2.45, 2.75) is 18.9 Å². The number of benzene rings is 1. The molecular weight excluding hydrogens is 328 g/mol. The summed E-state index contributed by atoms with van der Waals surface area (Å²) in [6.07, 6.45) is 2.44. The molecule has 0 unspecified atom stereocenters. The third-order valence-electron chi connectivity index (χ3n) is 4.05. The van der Waals surface area contributed by atoms with Crippen LogP contribution in [0.2, 0.25) is 5.02 Å². The highest BCUT2D eigenvalue weighted by molar-refractivity contribution is 9.10. The van der Waals surface area contributed by atoms with Crippen LogP contribution in [0.25, 0.3) is 0 Å². The summed E-state index contributed by atoms with van der Waals surface area (Å²) < 4.78 is 0.822. The van der Waals surface area contributed by atoms with Crippen LogP contribution in [0.1, 0.15) is 23.2 Å². The van der Waals surface area contributed by atoms with Crippen molar-refractivity contribution in [3.05, 3.63) is 33.3 Å². The van der Waals surface area contributed by atoms with Gasteiger partial charge in [-0.2, -0.15) is 0 Å². The standard InChI is InChI=1S/C14H16BrClN2O/c15-11-4-3-9(6-12(11)16)14(19)18-7-10-2-1-5-17-13(10)8-18/h3-4,6,10,13,17H,1-2,5,7-8H2/t10-,13+/m0/s1. The highest BCUT2D eigenvalue weighted by atomic mass is 79.9. The second-order valence-electron chi connectivity index (χ2n) is 5.30. The first-order valence-electron chi connectivity index (χ1n) is 6.63. The quantitative estimate of drug-likeness (QED) is 0.850. The third kappa shape index (κ3) is 2.67. The Balaban J connectivity index is 1.75. The molecule has 0 saturated carbocycles. The van der Waals surface area contributed by atoms with Gasteiger partial charge in [0.15, 0.2) is 0 Å². The average molecular weight is 344 g/mol. The number of nitrogens with zero attached hydrogens (tertiary/aromatic N) is 1. The van der Waals surface area contributed by atoms with Crippen LogP contribution in [-0.4, -0.2) is 36.5 Å². The van der Waals surface area contributed by atoms with E-state index in [9.17, 15) is 4.79 Å². The zero-order chi connectivity index (χ0) is 13.4. The van der Waals surface area contributed by atoms with E-state index in [0.29, 0.717) is 22.5 Å². The van der Waals surface area contributed by atoms with E-state index in [1.165, 1.54) is 12.8 Å². The molecule has 5 heteroatoms. The summed E-state index contributed by atoms with van der Waals surface area (Å²) in [4.78, 5) is 14.4. The highest BCUT2D eigenvalue weighted by Crippen LogP contribution is 2.28. The van der Waals surface area contributed by atoms with Gasteiger partial charge in [-0.1, -0.05) is 11.6 Å². The molecule has 2 fully saturated rings. The average Bonchev–Trinajstić information content (AvgIpc) is 2.85. The largest absolute Gasteiger partial charge is 0.337 e. The van der Waals surface area contributed by atoms with Crippen LogP contribution in [-0.2, 0) is 0 Å². The molecule has 0 aliphatic carbocycles. The van der Waals surface area contributed by atoms with E-state index < -0.39 is 0 Å². The number of fused-ring (bicyclic) bond motifs is 1. The van der Waals surface area contributed by atoms with Gasteiger partial charge < -0.3 is 10.2 Å². The van der Waals surface area contributed by atoms with E-state index in [0.717, 1.165) is 24.1 Å². The zero-order valence-electron chi connectivity index (χ0n) is 10.5. The number of rotatable bonds is 1. The highest BCUT2D eigenvalue weighted by Gasteiger charge is 2.36. The van der Waals surface area contributed by atoms with E-state index in [1.54, 1.807) is 6.07 Å². The van der Waals surface area contributed by atoms with Crippen molar-refractivity contribution in [3.63, 3.8) is 0 Å². The second-order valence-corrected chi connectivity index (χ2v) is 6.56. The molecule has 1 amide bonds. The van der Waals surface area contributed by atoms with Gasteiger partial charge in [-0.25, -0.2) is 0 Å². The molecule has 2 heterocycles. The van der Waals surface area contributed by atoms with E-state index in [-0.39, 0.29) is 5.91 Å². The van der Waals surface area contributed by atoms with Gasteiger partial charge in [-0.05, 0) is 59.4 Å². The van der Waals surface area contributed by atoms with Crippen LogP contribution in [0, 0.1) is 5.92 Å². The lowest BCUT2D eigenvalue weighted by Gasteiger charge is -2.24. The first-order valence-corrected chi connectivity index (χ1v) is 7.80. The molecule has 0 bridgehead atoms. The molecule has 2 aliphatic rings. The maximum Gasteiger partial charge on any atom is 0.253 e. The Hall–Kier alpha value is -0.580. The zero-order valence-corrected chi connectivity index (χ0v) is 12.9. The maximum atomic E-state index is 12.5. The molecule has 102 valence electrons. The Morgan fingerprint density at radius 2 is 2.26 bits per heavy atom. The summed E-state index contributed by atoms with van der Waals surface area (Å²) in [5.41, 5.74) is 0.673. The van der Waals surface area contributed by atoms with Gasteiger partial charge >= 0.3 is 0 Å². The summed E-state index contributed by atoms with van der Waals surface area (Å²) in [6, 6.07) is 5.87. The number of nitrogens with one attached hydrogen (secondary N) is 1. The molecule has 3 rings (SSSR count). The van der Waals surface area contributed by atoms with Crippen molar-refractivity contribution < 1.29 is 4.79 Å². The summed E-state index contributed by atoms with van der Waals surface area (Å²) in [5.74, 6) is 0.703. The van der Waals surface area contributed by atoms with Gasteiger partial charge in [0.1, 0.15) is 0 Å². The van der Waals surface area contributed by atoms with Crippen LogP contribution in [0.5, 0.6) is 0 Å². The third-order valence-corrected chi connectivity index (χ3v) is 5.29. The molecule has 0 spiro atoms. The van der Waals surface area contributed by atoms with Crippen LogP contribution < -0.4 is 5.32 Å². The predicted octanol–water partition coefficient (Wildman–Crippen LogP) is 2.93. The second kappa shape index (κ2) is 5.43. The Kier molecular flexibility index (Phi) is 3.83. The summed E-state index contributed by atoms with van der Waals surface area (Å²) in [5, 5.41) is 4.09. The Morgan fingerprint density at radius 1 is 1.42 bits per heavy atom. The fraction of sp³-hybridized carbons (Fsp3) is 0.500. The Labute approximate surface area is 126 Å². The lowest BCUT2D eigenvalue weighted by atomic mass is 9.94. The topological polar surface area (TPSA) is 32.3 Å². The summed E-state index contributed by atoms with van der Waals surface area (Å²) in [6.45, 7) is 2.76. The van der Waals surface area contributed by atoms with Gasteiger partial charge in [0.05, 0.1) is 5.02 Å². The number of piperidine rings is 1. The summed E-state index contributed by atoms with van der Waals surface area (Å²) in [7, 11) is 0. The molecule has 1 aromatic carbocycles. The van der Waals surface area contributed by atoms with Crippen molar-refractivity contribution in [3.8, 4) is 0 Å². The van der Waals surface area contributed by atoms with E-state index >= 15 is 0 Å². The van der Waals surface area contributed by atoms with Crippen molar-refractivity contribution in [1.82, 2.24) is 10.2 Å². The molecule has 19 heavy (non-hydrogen) atoms. The molecule has 1 aromatic rings.